The third kappa shape index (κ3) is 9.43. The lowest BCUT2D eigenvalue weighted by Crippen LogP contribution is -2.30. The van der Waals surface area contributed by atoms with Crippen LogP contribution in [0.15, 0.2) is 114 Å². The Kier molecular flexibility index (Phi) is 12.9. The number of hydrogen-bond acceptors (Lipinski definition) is 7. The van der Waals surface area contributed by atoms with E-state index in [9.17, 15) is 19.2 Å². The Labute approximate surface area is 332 Å². The number of anilines is 2. The van der Waals surface area contributed by atoms with Gasteiger partial charge in [0, 0.05) is 21.0 Å². The average Bonchev–Trinajstić information content (AvgIpc) is 3.52. The molecule has 1 aliphatic rings. The van der Waals surface area contributed by atoms with Gasteiger partial charge >= 0.3 is 5.97 Å². The first-order valence-corrected chi connectivity index (χ1v) is 19.8. The Bertz CT molecular complexity index is 2210. The summed E-state index contributed by atoms with van der Waals surface area (Å²) in [5.74, 6) is -1.33. The number of thioether (sulfide) groups is 1. The van der Waals surface area contributed by atoms with Crippen molar-refractivity contribution >= 4 is 86.8 Å². The standard InChI is InChI=1S/C42H37Cl2N3O5S2/c1-3-52-42(51)35-31-21-20-25(2)22-34(31)54-41(35)47-40(50)37(26-12-6-4-7-13-26)53-30-18-11-17-29(24-30)45-39(49)33(23-28-16-10-19-32(43)36(28)44)46-38(48)27-14-8-5-9-15-27/h4-19,23-25,37H,3,20-22H2,1-2H3,(H,45,49)(H,46,48)(H,47,50)/b33-23+. The molecule has 0 bridgehead atoms. The highest BCUT2D eigenvalue weighted by Crippen LogP contribution is 2.42. The molecule has 0 fully saturated rings. The number of thiophene rings is 1. The number of ether oxygens (including phenoxy) is 1. The molecule has 54 heavy (non-hydrogen) atoms. The van der Waals surface area contributed by atoms with Gasteiger partial charge in [-0.05, 0) is 91.3 Å². The maximum Gasteiger partial charge on any atom is 0.341 e. The Hall–Kier alpha value is -4.87. The van der Waals surface area contributed by atoms with Gasteiger partial charge in [0.05, 0.1) is 22.2 Å². The van der Waals surface area contributed by atoms with Crippen LogP contribution in [0.2, 0.25) is 10.0 Å². The number of carbonyl (C=O) groups is 4. The van der Waals surface area contributed by atoms with Gasteiger partial charge in [-0.1, -0.05) is 96.9 Å². The first-order valence-electron chi connectivity index (χ1n) is 17.4. The molecule has 0 saturated carbocycles. The van der Waals surface area contributed by atoms with Gasteiger partial charge in [0.2, 0.25) is 5.91 Å². The summed E-state index contributed by atoms with van der Waals surface area (Å²) >= 11 is 15.4. The molecular formula is C42H37Cl2N3O5S2. The Morgan fingerprint density at radius 2 is 1.65 bits per heavy atom. The van der Waals surface area contributed by atoms with Gasteiger partial charge in [0.25, 0.3) is 11.8 Å². The van der Waals surface area contributed by atoms with E-state index in [0.717, 1.165) is 35.3 Å². The molecule has 2 unspecified atom stereocenters. The summed E-state index contributed by atoms with van der Waals surface area (Å²) in [7, 11) is 0. The lowest BCUT2D eigenvalue weighted by molar-refractivity contribution is -0.116. The summed E-state index contributed by atoms with van der Waals surface area (Å²) < 4.78 is 5.43. The van der Waals surface area contributed by atoms with E-state index in [-0.39, 0.29) is 23.2 Å². The highest BCUT2D eigenvalue weighted by atomic mass is 35.5. The molecule has 1 aliphatic carbocycles. The summed E-state index contributed by atoms with van der Waals surface area (Å²) in [6, 6.07) is 30.0. The number of carbonyl (C=O) groups excluding carboxylic acids is 4. The molecule has 0 spiro atoms. The summed E-state index contributed by atoms with van der Waals surface area (Å²) in [6.45, 7) is 4.19. The van der Waals surface area contributed by atoms with Crippen LogP contribution in [-0.2, 0) is 27.2 Å². The molecule has 4 aromatic carbocycles. The topological polar surface area (TPSA) is 114 Å². The molecular weight excluding hydrogens is 762 g/mol. The predicted octanol–water partition coefficient (Wildman–Crippen LogP) is 10.2. The van der Waals surface area contributed by atoms with Crippen molar-refractivity contribution in [2.45, 2.75) is 43.3 Å². The van der Waals surface area contributed by atoms with Crippen LogP contribution in [-0.4, -0.2) is 30.3 Å². The molecule has 2 atom stereocenters. The second kappa shape index (κ2) is 18.0. The molecule has 0 radical (unpaired) electrons. The Morgan fingerprint density at radius 3 is 2.39 bits per heavy atom. The fourth-order valence-electron chi connectivity index (χ4n) is 6.05. The van der Waals surface area contributed by atoms with Gasteiger partial charge in [-0.3, -0.25) is 14.4 Å². The fraction of sp³-hybridized carbons (Fsp3) is 0.190. The SMILES string of the molecule is CCOC(=O)c1c(NC(=O)C(Sc2cccc(NC(=O)/C(=C\c3cccc(Cl)c3Cl)NC(=O)c3ccccc3)c2)c2ccccc2)sc2c1CCC(C)C2. The van der Waals surface area contributed by atoms with E-state index in [2.05, 4.69) is 22.9 Å². The molecule has 0 aliphatic heterocycles. The van der Waals surface area contributed by atoms with Crippen molar-refractivity contribution in [1.82, 2.24) is 5.32 Å². The summed E-state index contributed by atoms with van der Waals surface area (Å²) in [5.41, 5.74) is 3.34. The van der Waals surface area contributed by atoms with Gasteiger partial charge in [-0.25, -0.2) is 4.79 Å². The van der Waals surface area contributed by atoms with Gasteiger partial charge < -0.3 is 20.7 Å². The maximum absolute atomic E-state index is 14.2. The van der Waals surface area contributed by atoms with Crippen molar-refractivity contribution in [2.75, 3.05) is 17.2 Å². The van der Waals surface area contributed by atoms with E-state index in [0.29, 0.717) is 43.2 Å². The second-order valence-corrected chi connectivity index (χ2v) is 15.7. The molecule has 3 amide bonds. The molecule has 3 N–H and O–H groups in total. The van der Waals surface area contributed by atoms with Crippen LogP contribution in [0.5, 0.6) is 0 Å². The van der Waals surface area contributed by atoms with Crippen molar-refractivity contribution in [3.8, 4) is 0 Å². The van der Waals surface area contributed by atoms with Crippen LogP contribution >= 0.6 is 46.3 Å². The third-order valence-electron chi connectivity index (χ3n) is 8.72. The zero-order valence-corrected chi connectivity index (χ0v) is 32.6. The van der Waals surface area contributed by atoms with Gasteiger partial charge in [-0.15, -0.1) is 23.1 Å². The zero-order chi connectivity index (χ0) is 38.2. The number of benzene rings is 4. The van der Waals surface area contributed by atoms with Crippen molar-refractivity contribution in [1.29, 1.82) is 0 Å². The van der Waals surface area contributed by atoms with E-state index >= 15 is 0 Å². The highest BCUT2D eigenvalue weighted by Gasteiger charge is 2.31. The number of esters is 1. The smallest absolute Gasteiger partial charge is 0.341 e. The van der Waals surface area contributed by atoms with Crippen LogP contribution in [0.3, 0.4) is 0 Å². The van der Waals surface area contributed by atoms with E-state index in [1.54, 1.807) is 73.7 Å². The number of nitrogens with one attached hydrogen (secondary N) is 3. The van der Waals surface area contributed by atoms with Gasteiger partial charge in [0.15, 0.2) is 0 Å². The fourth-order valence-corrected chi connectivity index (χ4v) is 8.90. The summed E-state index contributed by atoms with van der Waals surface area (Å²) in [6.07, 6.45) is 4.03. The number of hydrogen-bond donors (Lipinski definition) is 3. The Morgan fingerprint density at radius 1 is 0.926 bits per heavy atom. The molecule has 6 rings (SSSR count). The minimum Gasteiger partial charge on any atom is -0.462 e. The van der Waals surface area contributed by atoms with Crippen molar-refractivity contribution in [3.63, 3.8) is 0 Å². The second-order valence-electron chi connectivity index (χ2n) is 12.7. The number of fused-ring (bicyclic) bond motifs is 1. The number of rotatable bonds is 12. The van der Waals surface area contributed by atoms with Crippen molar-refractivity contribution in [2.24, 2.45) is 5.92 Å². The third-order valence-corrected chi connectivity index (χ3v) is 12.0. The summed E-state index contributed by atoms with van der Waals surface area (Å²) in [5, 5.41) is 8.99. The van der Waals surface area contributed by atoms with Crippen LogP contribution < -0.4 is 16.0 Å². The van der Waals surface area contributed by atoms with Gasteiger partial charge in [0.1, 0.15) is 15.9 Å². The zero-order valence-electron chi connectivity index (χ0n) is 29.5. The van der Waals surface area contributed by atoms with Crippen LogP contribution in [0, 0.1) is 5.92 Å². The molecule has 1 aromatic heterocycles. The van der Waals surface area contributed by atoms with E-state index in [1.165, 1.54) is 29.2 Å². The first-order chi connectivity index (χ1) is 26.1. The molecule has 8 nitrogen and oxygen atoms in total. The number of halogens is 2. The quantitative estimate of drug-likeness (QED) is 0.0658. The lowest BCUT2D eigenvalue weighted by Gasteiger charge is -2.19. The molecule has 1 heterocycles. The minimum absolute atomic E-state index is 0.0574. The van der Waals surface area contributed by atoms with Crippen LogP contribution in [0.4, 0.5) is 10.7 Å². The van der Waals surface area contributed by atoms with E-state index < -0.39 is 23.0 Å². The minimum atomic E-state index is -0.712. The van der Waals surface area contributed by atoms with Crippen LogP contribution in [0.1, 0.15) is 67.8 Å². The molecule has 5 aromatic rings. The molecule has 276 valence electrons. The predicted molar refractivity (Wildman–Crippen MR) is 219 cm³/mol. The van der Waals surface area contributed by atoms with Crippen LogP contribution in [0.25, 0.3) is 6.08 Å². The van der Waals surface area contributed by atoms with E-state index in [1.807, 2.05) is 36.4 Å². The van der Waals surface area contributed by atoms with Crippen molar-refractivity contribution < 1.29 is 23.9 Å². The van der Waals surface area contributed by atoms with Crippen molar-refractivity contribution in [3.05, 3.63) is 152 Å². The Balaban J connectivity index is 1.26. The molecule has 12 heteroatoms. The lowest BCUT2D eigenvalue weighted by atomic mass is 9.88. The maximum atomic E-state index is 14.2. The highest BCUT2D eigenvalue weighted by molar-refractivity contribution is 8.00. The first kappa shape index (κ1) is 38.8. The van der Waals surface area contributed by atoms with Gasteiger partial charge in [-0.2, -0.15) is 0 Å². The monoisotopic (exact) mass is 797 g/mol. The summed E-state index contributed by atoms with van der Waals surface area (Å²) in [4.78, 5) is 56.2. The largest absolute Gasteiger partial charge is 0.462 e. The number of amides is 3. The van der Waals surface area contributed by atoms with E-state index in [4.69, 9.17) is 27.9 Å². The normalized spacial score (nSPS) is 14.4. The molecule has 0 saturated heterocycles. The average molecular weight is 799 g/mol.